The van der Waals surface area contributed by atoms with Crippen LogP contribution in [0.5, 0.6) is 0 Å². The third kappa shape index (κ3) is 3.91. The Morgan fingerprint density at radius 1 is 1.07 bits per heavy atom. The first-order valence-electron chi connectivity index (χ1n) is 8.67. The van der Waals surface area contributed by atoms with E-state index in [9.17, 15) is 22.8 Å². The molecule has 0 fully saturated rings. The number of anilines is 1. The van der Waals surface area contributed by atoms with Crippen molar-refractivity contribution >= 4 is 23.5 Å². The zero-order valence-corrected chi connectivity index (χ0v) is 15.7. The number of hydrogen-bond donors (Lipinski definition) is 2. The zero-order valence-electron chi connectivity index (χ0n) is 14.8. The van der Waals surface area contributed by atoms with Gasteiger partial charge in [-0.1, -0.05) is 30.0 Å². The van der Waals surface area contributed by atoms with E-state index in [1.165, 1.54) is 6.07 Å². The fraction of sp³-hybridized carbons (Fsp3) is 0.150. The maximum Gasteiger partial charge on any atom is 0.257 e. The highest BCUT2D eigenvalue weighted by Gasteiger charge is 2.32. The van der Waals surface area contributed by atoms with Gasteiger partial charge < -0.3 is 10.3 Å². The van der Waals surface area contributed by atoms with E-state index in [0.717, 1.165) is 30.0 Å². The van der Waals surface area contributed by atoms with E-state index in [-0.39, 0.29) is 40.1 Å². The van der Waals surface area contributed by atoms with Crippen molar-refractivity contribution in [2.45, 2.75) is 23.2 Å². The Kier molecular flexibility index (Phi) is 5.14. The monoisotopic (exact) mass is 417 g/mol. The molecule has 0 saturated carbocycles. The minimum absolute atomic E-state index is 0.00491. The number of nitrogens with one attached hydrogen (secondary N) is 2. The second kappa shape index (κ2) is 7.75. The number of nitrogens with zero attached hydrogens (tertiary/aromatic N) is 1. The summed E-state index contributed by atoms with van der Waals surface area (Å²) in [7, 11) is 0. The molecule has 0 spiro atoms. The standard InChI is InChI=1S/C20H14F3N3O2S/c21-11-5-6-15(23)12(7-11)13-8-16(27)24-18-17(13)19(28)26-20(25-18)29-9-10-3-1-2-4-14(10)22/h1-7,13H,8-9H2,(H2,24,25,26,27,28)/t13-/m0/s1. The molecular weight excluding hydrogens is 403 g/mol. The lowest BCUT2D eigenvalue weighted by molar-refractivity contribution is -0.116. The van der Waals surface area contributed by atoms with Gasteiger partial charge in [0, 0.05) is 18.1 Å². The van der Waals surface area contributed by atoms with Crippen LogP contribution in [0.1, 0.15) is 29.0 Å². The van der Waals surface area contributed by atoms with Crippen LogP contribution in [0.4, 0.5) is 19.0 Å². The average Bonchev–Trinajstić information content (AvgIpc) is 2.68. The van der Waals surface area contributed by atoms with Gasteiger partial charge in [-0.05, 0) is 35.4 Å². The van der Waals surface area contributed by atoms with Gasteiger partial charge in [-0.25, -0.2) is 18.2 Å². The number of aromatic amines is 1. The predicted molar refractivity (Wildman–Crippen MR) is 102 cm³/mol. The fourth-order valence-electron chi connectivity index (χ4n) is 3.23. The van der Waals surface area contributed by atoms with Crippen molar-refractivity contribution in [3.8, 4) is 0 Å². The smallest absolute Gasteiger partial charge is 0.257 e. The average molecular weight is 417 g/mol. The Balaban J connectivity index is 1.70. The number of amides is 1. The molecule has 29 heavy (non-hydrogen) atoms. The lowest BCUT2D eigenvalue weighted by atomic mass is 9.86. The number of benzene rings is 2. The van der Waals surface area contributed by atoms with Crippen LogP contribution in [-0.4, -0.2) is 15.9 Å². The predicted octanol–water partition coefficient (Wildman–Crippen LogP) is 3.95. The van der Waals surface area contributed by atoms with Gasteiger partial charge in [0.05, 0.1) is 5.56 Å². The van der Waals surface area contributed by atoms with E-state index in [1.807, 2.05) is 0 Å². The van der Waals surface area contributed by atoms with Gasteiger partial charge in [-0.3, -0.25) is 9.59 Å². The number of H-pyrrole nitrogens is 1. The van der Waals surface area contributed by atoms with Gasteiger partial charge in [0.1, 0.15) is 23.3 Å². The van der Waals surface area contributed by atoms with E-state index < -0.39 is 29.0 Å². The molecule has 1 amide bonds. The molecule has 0 unspecified atom stereocenters. The van der Waals surface area contributed by atoms with E-state index in [4.69, 9.17) is 0 Å². The third-order valence-electron chi connectivity index (χ3n) is 4.59. The summed E-state index contributed by atoms with van der Waals surface area (Å²) in [5, 5.41) is 2.69. The van der Waals surface area contributed by atoms with Crippen molar-refractivity contribution < 1.29 is 18.0 Å². The molecule has 9 heteroatoms. The minimum atomic E-state index is -0.962. The van der Waals surface area contributed by atoms with Gasteiger partial charge in [0.2, 0.25) is 5.91 Å². The van der Waals surface area contributed by atoms with E-state index in [2.05, 4.69) is 15.3 Å². The molecule has 0 aliphatic carbocycles. The summed E-state index contributed by atoms with van der Waals surface area (Å²) < 4.78 is 41.7. The summed E-state index contributed by atoms with van der Waals surface area (Å²) in [6, 6.07) is 9.11. The molecular formula is C20H14F3N3O2S. The summed E-state index contributed by atoms with van der Waals surface area (Å²) in [6.45, 7) is 0. The zero-order chi connectivity index (χ0) is 20.5. The third-order valence-corrected chi connectivity index (χ3v) is 5.51. The molecule has 5 nitrogen and oxygen atoms in total. The van der Waals surface area contributed by atoms with Crippen molar-refractivity contribution in [3.63, 3.8) is 0 Å². The molecule has 0 saturated heterocycles. The molecule has 0 bridgehead atoms. The second-order valence-electron chi connectivity index (χ2n) is 6.48. The molecule has 1 aliphatic heterocycles. The molecule has 2 heterocycles. The summed E-state index contributed by atoms with van der Waals surface area (Å²) in [5.41, 5.74) is -0.161. The molecule has 2 N–H and O–H groups in total. The Hall–Kier alpha value is -3.07. The highest BCUT2D eigenvalue weighted by molar-refractivity contribution is 7.98. The number of thioether (sulfide) groups is 1. The number of fused-ring (bicyclic) bond motifs is 1. The van der Waals surface area contributed by atoms with Crippen molar-refractivity contribution in [1.82, 2.24) is 9.97 Å². The number of halogens is 3. The Morgan fingerprint density at radius 3 is 2.66 bits per heavy atom. The van der Waals surface area contributed by atoms with Gasteiger partial charge in [-0.2, -0.15) is 0 Å². The number of aromatic nitrogens is 2. The lowest BCUT2D eigenvalue weighted by Crippen LogP contribution is -2.31. The van der Waals surface area contributed by atoms with Crippen molar-refractivity contribution in [1.29, 1.82) is 0 Å². The molecule has 1 aliphatic rings. The summed E-state index contributed by atoms with van der Waals surface area (Å²) in [5.74, 6) is -2.98. The number of rotatable bonds is 4. The van der Waals surface area contributed by atoms with E-state index in [1.54, 1.807) is 18.2 Å². The Labute approximate surface area is 167 Å². The summed E-state index contributed by atoms with van der Waals surface area (Å²) in [6.07, 6.45) is -0.208. The SMILES string of the molecule is O=C1C[C@@H](c2cc(F)ccc2F)c2c(nc(SCc3ccccc3F)[nH]c2=O)N1. The molecule has 1 atom stereocenters. The molecule has 0 radical (unpaired) electrons. The van der Waals surface area contributed by atoms with Gasteiger partial charge >= 0.3 is 0 Å². The summed E-state index contributed by atoms with van der Waals surface area (Å²) in [4.78, 5) is 31.6. The number of hydrogen-bond acceptors (Lipinski definition) is 4. The van der Waals surface area contributed by atoms with Crippen LogP contribution in [-0.2, 0) is 10.5 Å². The molecule has 1 aromatic heterocycles. The molecule has 2 aromatic carbocycles. The molecule has 4 rings (SSSR count). The van der Waals surface area contributed by atoms with Crippen LogP contribution in [0.2, 0.25) is 0 Å². The topological polar surface area (TPSA) is 74.8 Å². The largest absolute Gasteiger partial charge is 0.310 e. The van der Waals surface area contributed by atoms with Crippen molar-refractivity contribution in [2.24, 2.45) is 0 Å². The van der Waals surface area contributed by atoms with Crippen LogP contribution in [0.3, 0.4) is 0 Å². The normalized spacial score (nSPS) is 15.7. The van der Waals surface area contributed by atoms with E-state index in [0.29, 0.717) is 5.56 Å². The number of carbonyl (C=O) groups is 1. The molecule has 3 aromatic rings. The highest BCUT2D eigenvalue weighted by Crippen LogP contribution is 2.36. The maximum atomic E-state index is 14.3. The van der Waals surface area contributed by atoms with Crippen LogP contribution in [0.15, 0.2) is 52.4 Å². The first-order valence-corrected chi connectivity index (χ1v) is 9.66. The first-order chi connectivity index (χ1) is 13.9. The van der Waals surface area contributed by atoms with Gasteiger partial charge in [0.25, 0.3) is 5.56 Å². The van der Waals surface area contributed by atoms with Crippen LogP contribution >= 0.6 is 11.8 Å². The van der Waals surface area contributed by atoms with Crippen LogP contribution in [0.25, 0.3) is 0 Å². The van der Waals surface area contributed by atoms with E-state index >= 15 is 0 Å². The minimum Gasteiger partial charge on any atom is -0.310 e. The Morgan fingerprint density at radius 2 is 1.86 bits per heavy atom. The van der Waals surface area contributed by atoms with Crippen LogP contribution < -0.4 is 10.9 Å². The second-order valence-corrected chi connectivity index (χ2v) is 7.45. The van der Waals surface area contributed by atoms with Gasteiger partial charge in [-0.15, -0.1) is 0 Å². The number of carbonyl (C=O) groups excluding carboxylic acids is 1. The first kappa shape index (κ1) is 19.3. The van der Waals surface area contributed by atoms with Gasteiger partial charge in [0.15, 0.2) is 5.16 Å². The maximum absolute atomic E-state index is 14.3. The van der Waals surface area contributed by atoms with Crippen molar-refractivity contribution in [2.75, 3.05) is 5.32 Å². The summed E-state index contributed by atoms with van der Waals surface area (Å²) >= 11 is 1.09. The lowest BCUT2D eigenvalue weighted by Gasteiger charge is -2.24. The van der Waals surface area contributed by atoms with Crippen LogP contribution in [0, 0.1) is 17.5 Å². The quantitative estimate of drug-likeness (QED) is 0.498. The molecule has 148 valence electrons. The van der Waals surface area contributed by atoms with Crippen molar-refractivity contribution in [3.05, 3.63) is 87.0 Å². The fourth-order valence-corrected chi connectivity index (χ4v) is 4.07. The Bertz CT molecular complexity index is 1170. The highest BCUT2D eigenvalue weighted by atomic mass is 32.2.